The molecule has 1 unspecified atom stereocenters. The van der Waals surface area contributed by atoms with E-state index in [-0.39, 0.29) is 24.9 Å². The van der Waals surface area contributed by atoms with Gasteiger partial charge in [-0.1, -0.05) is 30.3 Å². The minimum absolute atomic E-state index is 0.0156. The smallest absolute Gasteiger partial charge is 0.279 e. The van der Waals surface area contributed by atoms with Crippen LogP contribution in [0.5, 0.6) is 11.5 Å². The zero-order valence-electron chi connectivity index (χ0n) is 14.8. The van der Waals surface area contributed by atoms with Gasteiger partial charge in [0.05, 0.1) is 12.7 Å². The molecule has 2 N–H and O–H groups in total. The van der Waals surface area contributed by atoms with E-state index in [1.165, 1.54) is 4.90 Å². The van der Waals surface area contributed by atoms with E-state index in [2.05, 4.69) is 5.32 Å². The quantitative estimate of drug-likeness (QED) is 0.790. The average molecular weight is 342 g/mol. The molecule has 6 heteroatoms. The lowest BCUT2D eigenvalue weighted by atomic mass is 10.2. The van der Waals surface area contributed by atoms with Crippen molar-refractivity contribution in [3.63, 3.8) is 0 Å². The Kier molecular flexibility index (Phi) is 6.54. The van der Waals surface area contributed by atoms with Crippen LogP contribution in [0.3, 0.4) is 0 Å². The zero-order valence-corrected chi connectivity index (χ0v) is 14.8. The van der Waals surface area contributed by atoms with Crippen molar-refractivity contribution < 1.29 is 19.2 Å². The van der Waals surface area contributed by atoms with Crippen LogP contribution in [0.4, 0.5) is 5.69 Å². The molecule has 0 bridgehead atoms. The molecule has 132 valence electrons. The Morgan fingerprint density at radius 3 is 2.32 bits per heavy atom. The minimum Gasteiger partial charge on any atom is -0.455 e. The van der Waals surface area contributed by atoms with Gasteiger partial charge in [0.25, 0.3) is 11.8 Å². The number of benzene rings is 2. The zero-order chi connectivity index (χ0) is 18.2. The van der Waals surface area contributed by atoms with Gasteiger partial charge in [-0.15, -0.1) is 0 Å². The second kappa shape index (κ2) is 8.84. The van der Waals surface area contributed by atoms with E-state index < -0.39 is 0 Å². The van der Waals surface area contributed by atoms with E-state index in [0.717, 1.165) is 4.90 Å². The van der Waals surface area contributed by atoms with Gasteiger partial charge in [-0.25, -0.2) is 0 Å². The monoisotopic (exact) mass is 342 g/mol. The molecule has 2 rings (SSSR count). The molecule has 2 aromatic carbocycles. The number of carbonyl (C=O) groups excluding carboxylic acids is 2. The van der Waals surface area contributed by atoms with E-state index in [1.807, 2.05) is 49.5 Å². The summed E-state index contributed by atoms with van der Waals surface area (Å²) in [5, 5.41) is 2.85. The van der Waals surface area contributed by atoms with Crippen molar-refractivity contribution in [3.05, 3.63) is 54.6 Å². The van der Waals surface area contributed by atoms with Crippen LogP contribution in [0.1, 0.15) is 0 Å². The molecule has 2 aromatic rings. The Hall–Kier alpha value is -2.86. The summed E-state index contributed by atoms with van der Waals surface area (Å²) in [4.78, 5) is 26.3. The number of ether oxygens (including phenoxy) is 1. The number of carbonyl (C=O) groups is 2. The van der Waals surface area contributed by atoms with Gasteiger partial charge in [0.1, 0.15) is 5.75 Å². The number of hydrogen-bond donors (Lipinski definition) is 2. The number of nitrogens with one attached hydrogen (secondary N) is 2. The van der Waals surface area contributed by atoms with Crippen molar-refractivity contribution in [2.24, 2.45) is 0 Å². The fourth-order valence-corrected chi connectivity index (χ4v) is 2.22. The van der Waals surface area contributed by atoms with Gasteiger partial charge in [-0.05, 0) is 24.3 Å². The molecule has 0 aromatic heterocycles. The number of hydrogen-bond acceptors (Lipinski definition) is 3. The maximum absolute atomic E-state index is 12.3. The van der Waals surface area contributed by atoms with Crippen molar-refractivity contribution in [2.45, 2.75) is 0 Å². The van der Waals surface area contributed by atoms with Gasteiger partial charge < -0.3 is 19.9 Å². The molecule has 0 fully saturated rings. The third kappa shape index (κ3) is 5.93. The summed E-state index contributed by atoms with van der Waals surface area (Å²) in [6.07, 6.45) is 0. The summed E-state index contributed by atoms with van der Waals surface area (Å²) in [5.74, 6) is 1.08. The molecule has 0 aliphatic rings. The molecule has 1 atom stereocenters. The first-order valence-corrected chi connectivity index (χ1v) is 8.09. The van der Waals surface area contributed by atoms with Crippen LogP contribution < -0.4 is 15.0 Å². The number of amides is 2. The van der Waals surface area contributed by atoms with E-state index >= 15 is 0 Å². The first-order valence-electron chi connectivity index (χ1n) is 8.09. The summed E-state index contributed by atoms with van der Waals surface area (Å²) in [6.45, 7) is 0.460. The first-order chi connectivity index (χ1) is 12.0. The summed E-state index contributed by atoms with van der Waals surface area (Å²) in [7, 11) is 5.22. The third-order valence-electron chi connectivity index (χ3n) is 3.55. The summed E-state index contributed by atoms with van der Waals surface area (Å²) >= 11 is 0. The van der Waals surface area contributed by atoms with Crippen LogP contribution in [0.2, 0.25) is 0 Å². The molecule has 25 heavy (non-hydrogen) atoms. The fraction of sp³-hybridized carbons (Fsp3) is 0.263. The predicted molar refractivity (Wildman–Crippen MR) is 96.9 cm³/mol. The number of nitrogens with zero attached hydrogens (tertiary/aromatic N) is 1. The number of para-hydroxylation sites is 3. The highest BCUT2D eigenvalue weighted by Gasteiger charge is 2.16. The second-order valence-electron chi connectivity index (χ2n) is 6.06. The largest absolute Gasteiger partial charge is 0.455 e. The van der Waals surface area contributed by atoms with Crippen molar-refractivity contribution in [1.82, 2.24) is 4.90 Å². The molecule has 0 heterocycles. The molecule has 0 spiro atoms. The predicted octanol–water partition coefficient (Wildman–Crippen LogP) is 1.02. The summed E-state index contributed by atoms with van der Waals surface area (Å²) in [5.41, 5.74) is 0.600. The molecule has 6 nitrogen and oxygen atoms in total. The standard InChI is InChI=1S/C19H23N3O3/c1-21(2)19(24)14-22(3)13-18(23)20-16-11-7-8-12-17(16)25-15-9-5-4-6-10-15/h4-12H,13-14H2,1-3H3,(H,20,23)/p+1. The van der Waals surface area contributed by atoms with Crippen LogP contribution in [-0.4, -0.2) is 50.9 Å². The number of rotatable bonds is 7. The Morgan fingerprint density at radius 1 is 1.00 bits per heavy atom. The normalized spacial score (nSPS) is 11.5. The van der Waals surface area contributed by atoms with Crippen molar-refractivity contribution in [2.75, 3.05) is 39.5 Å². The molecule has 0 radical (unpaired) electrons. The Labute approximate surface area is 148 Å². The van der Waals surface area contributed by atoms with Crippen LogP contribution in [0.25, 0.3) is 0 Å². The van der Waals surface area contributed by atoms with Gasteiger partial charge in [0.15, 0.2) is 18.8 Å². The number of likely N-dealkylation sites (N-methyl/N-ethyl adjacent to an activating group) is 2. The van der Waals surface area contributed by atoms with Crippen LogP contribution in [0.15, 0.2) is 54.6 Å². The van der Waals surface area contributed by atoms with Gasteiger partial charge in [0.2, 0.25) is 0 Å². The molecule has 0 aliphatic heterocycles. The van der Waals surface area contributed by atoms with Crippen molar-refractivity contribution >= 4 is 17.5 Å². The fourth-order valence-electron chi connectivity index (χ4n) is 2.22. The second-order valence-corrected chi connectivity index (χ2v) is 6.06. The average Bonchev–Trinajstić information content (AvgIpc) is 2.57. The molecule has 0 aliphatic carbocycles. The Morgan fingerprint density at radius 2 is 1.64 bits per heavy atom. The summed E-state index contributed by atoms with van der Waals surface area (Å²) < 4.78 is 5.83. The van der Waals surface area contributed by atoms with Crippen LogP contribution in [-0.2, 0) is 9.59 Å². The van der Waals surface area contributed by atoms with Gasteiger partial charge in [-0.2, -0.15) is 0 Å². The number of anilines is 1. The highest BCUT2D eigenvalue weighted by atomic mass is 16.5. The SMILES string of the molecule is CN(C)C(=O)C[NH+](C)CC(=O)Nc1ccccc1Oc1ccccc1. The lowest BCUT2D eigenvalue weighted by Crippen LogP contribution is -3.11. The number of quaternary nitrogens is 1. The molecule has 0 saturated heterocycles. The maximum Gasteiger partial charge on any atom is 0.279 e. The maximum atomic E-state index is 12.3. The highest BCUT2D eigenvalue weighted by Crippen LogP contribution is 2.28. The first kappa shape index (κ1) is 18.5. The minimum atomic E-state index is -0.173. The topological polar surface area (TPSA) is 63.1 Å². The van der Waals surface area contributed by atoms with Crippen LogP contribution >= 0.6 is 0 Å². The Bertz CT molecular complexity index is 717. The van der Waals surface area contributed by atoms with E-state index in [1.54, 1.807) is 26.2 Å². The Balaban J connectivity index is 1.98. The molecular formula is C19H24N3O3+. The lowest BCUT2D eigenvalue weighted by Gasteiger charge is -2.17. The summed E-state index contributed by atoms with van der Waals surface area (Å²) in [6, 6.07) is 16.7. The van der Waals surface area contributed by atoms with Gasteiger partial charge >= 0.3 is 0 Å². The van der Waals surface area contributed by atoms with E-state index in [0.29, 0.717) is 17.2 Å². The van der Waals surface area contributed by atoms with E-state index in [9.17, 15) is 9.59 Å². The molecule has 2 amide bonds. The van der Waals surface area contributed by atoms with E-state index in [4.69, 9.17) is 4.74 Å². The lowest BCUT2D eigenvalue weighted by molar-refractivity contribution is -0.862. The van der Waals surface area contributed by atoms with Crippen molar-refractivity contribution in [3.8, 4) is 11.5 Å². The van der Waals surface area contributed by atoms with Gasteiger partial charge in [0, 0.05) is 14.1 Å². The van der Waals surface area contributed by atoms with Crippen LogP contribution in [0, 0.1) is 0 Å². The highest BCUT2D eigenvalue weighted by molar-refractivity contribution is 5.93. The van der Waals surface area contributed by atoms with Crippen molar-refractivity contribution in [1.29, 1.82) is 0 Å². The molecular weight excluding hydrogens is 318 g/mol. The third-order valence-corrected chi connectivity index (χ3v) is 3.55. The van der Waals surface area contributed by atoms with Gasteiger partial charge in [-0.3, -0.25) is 9.59 Å². The molecule has 0 saturated carbocycles.